The molecule has 0 atom stereocenters. The first-order chi connectivity index (χ1) is 25.8. The number of nitrogens with zero attached hydrogens (tertiary/aromatic N) is 4. The fraction of sp³-hybridized carbons (Fsp3) is 0. The lowest BCUT2D eigenvalue weighted by Crippen LogP contribution is -1.97. The van der Waals surface area contributed by atoms with Gasteiger partial charge in [-0.3, -0.25) is 4.98 Å². The fourth-order valence-corrected chi connectivity index (χ4v) is 8.27. The van der Waals surface area contributed by atoms with Gasteiger partial charge in [-0.15, -0.1) is 0 Å². The number of pyridine rings is 2. The monoisotopic (exact) mass is 662 g/mol. The molecule has 0 saturated heterocycles. The van der Waals surface area contributed by atoms with Crippen molar-refractivity contribution in [2.24, 2.45) is 0 Å². The van der Waals surface area contributed by atoms with Gasteiger partial charge in [0.2, 0.25) is 0 Å². The maximum Gasteiger partial charge on any atom is 0.0810 e. The third-order valence-corrected chi connectivity index (χ3v) is 10.6. The lowest BCUT2D eigenvalue weighted by molar-refractivity contribution is 1.18. The number of hydrogen-bond donors (Lipinski definition) is 0. The highest BCUT2D eigenvalue weighted by molar-refractivity contribution is 6.15. The summed E-state index contributed by atoms with van der Waals surface area (Å²) in [6.07, 6.45) is 1.93. The third kappa shape index (κ3) is 4.21. The van der Waals surface area contributed by atoms with E-state index in [1.165, 1.54) is 43.6 Å². The SMILES string of the molecule is c1ccc2c(c1)nc(-c1ccc(-n3c4ccccc4c4ccccc43)cc1)c1c(-c3ccc(-n4c5ccccc5c5ccccc54)cc3)nccc12. The largest absolute Gasteiger partial charge is 0.309 e. The third-order valence-electron chi connectivity index (χ3n) is 10.6. The highest BCUT2D eigenvalue weighted by Crippen LogP contribution is 2.40. The Morgan fingerprint density at radius 3 is 1.21 bits per heavy atom. The van der Waals surface area contributed by atoms with Gasteiger partial charge in [-0.1, -0.05) is 115 Å². The molecule has 7 aromatic carbocycles. The molecule has 0 aliphatic carbocycles. The molecule has 0 aliphatic heterocycles. The normalized spacial score (nSPS) is 11.8. The van der Waals surface area contributed by atoms with Gasteiger partial charge >= 0.3 is 0 Å². The first-order valence-electron chi connectivity index (χ1n) is 17.7. The van der Waals surface area contributed by atoms with Crippen LogP contribution in [0.2, 0.25) is 0 Å². The summed E-state index contributed by atoms with van der Waals surface area (Å²) in [6, 6.07) is 62.7. The van der Waals surface area contributed by atoms with Gasteiger partial charge in [0.1, 0.15) is 0 Å². The van der Waals surface area contributed by atoms with E-state index in [-0.39, 0.29) is 0 Å². The van der Waals surface area contributed by atoms with Crippen LogP contribution in [0, 0.1) is 0 Å². The van der Waals surface area contributed by atoms with E-state index in [1.54, 1.807) is 0 Å². The van der Waals surface area contributed by atoms with Crippen molar-refractivity contribution < 1.29 is 0 Å². The Labute approximate surface area is 299 Å². The lowest BCUT2D eigenvalue weighted by Gasteiger charge is -2.15. The Morgan fingerprint density at radius 2 is 0.731 bits per heavy atom. The average molecular weight is 663 g/mol. The summed E-state index contributed by atoms with van der Waals surface area (Å²) in [5, 5.41) is 8.33. The molecule has 52 heavy (non-hydrogen) atoms. The number of benzene rings is 7. The minimum atomic E-state index is 0.922. The number of rotatable bonds is 4. The van der Waals surface area contributed by atoms with Crippen molar-refractivity contribution in [2.75, 3.05) is 0 Å². The Hall–Kier alpha value is -7.04. The number of aromatic nitrogens is 4. The van der Waals surface area contributed by atoms with E-state index in [2.05, 4.69) is 185 Å². The fourth-order valence-electron chi connectivity index (χ4n) is 8.27. The molecule has 0 bridgehead atoms. The number of fused-ring (bicyclic) bond motifs is 9. The van der Waals surface area contributed by atoms with Crippen molar-refractivity contribution in [3.63, 3.8) is 0 Å². The van der Waals surface area contributed by atoms with Gasteiger partial charge in [0, 0.05) is 61.0 Å². The Morgan fingerprint density at radius 1 is 0.327 bits per heavy atom. The summed E-state index contributed by atoms with van der Waals surface area (Å²) >= 11 is 0. The van der Waals surface area contributed by atoms with E-state index in [0.29, 0.717) is 0 Å². The molecule has 0 saturated carbocycles. The van der Waals surface area contributed by atoms with Crippen molar-refractivity contribution >= 4 is 65.3 Å². The van der Waals surface area contributed by atoms with Crippen molar-refractivity contribution in [1.29, 1.82) is 0 Å². The zero-order chi connectivity index (χ0) is 34.2. The number of para-hydroxylation sites is 5. The summed E-state index contributed by atoms with van der Waals surface area (Å²) in [5.41, 5.74) is 11.9. The molecule has 0 aliphatic rings. The summed E-state index contributed by atoms with van der Waals surface area (Å²) in [7, 11) is 0. The minimum absolute atomic E-state index is 0.922. The molecular weight excluding hydrogens is 633 g/mol. The van der Waals surface area contributed by atoms with E-state index >= 15 is 0 Å². The predicted molar refractivity (Wildman–Crippen MR) is 217 cm³/mol. The topological polar surface area (TPSA) is 35.6 Å². The first kappa shape index (κ1) is 28.8. The van der Waals surface area contributed by atoms with E-state index in [0.717, 1.165) is 55.6 Å². The molecule has 4 nitrogen and oxygen atoms in total. The smallest absolute Gasteiger partial charge is 0.0810 e. The van der Waals surface area contributed by atoms with Crippen LogP contribution < -0.4 is 0 Å². The van der Waals surface area contributed by atoms with Crippen molar-refractivity contribution in [1.82, 2.24) is 19.1 Å². The molecule has 0 spiro atoms. The molecule has 4 heteroatoms. The van der Waals surface area contributed by atoms with Crippen molar-refractivity contribution in [3.8, 4) is 33.9 Å². The summed E-state index contributed by atoms with van der Waals surface area (Å²) in [5.74, 6) is 0. The van der Waals surface area contributed by atoms with Crippen LogP contribution >= 0.6 is 0 Å². The Balaban J connectivity index is 1.08. The molecular formula is C48H30N4. The van der Waals surface area contributed by atoms with E-state index in [1.807, 2.05) is 6.20 Å². The maximum atomic E-state index is 5.33. The molecule has 0 N–H and O–H groups in total. The van der Waals surface area contributed by atoms with Crippen LogP contribution in [0.3, 0.4) is 0 Å². The summed E-state index contributed by atoms with van der Waals surface area (Å²) in [6.45, 7) is 0. The van der Waals surface area contributed by atoms with Crippen LogP contribution in [0.1, 0.15) is 0 Å². The van der Waals surface area contributed by atoms with Crippen LogP contribution in [0.15, 0.2) is 182 Å². The average Bonchev–Trinajstić information content (AvgIpc) is 3.74. The predicted octanol–water partition coefficient (Wildman–Crippen LogP) is 12.3. The Bertz CT molecular complexity index is 3060. The summed E-state index contributed by atoms with van der Waals surface area (Å²) in [4.78, 5) is 10.4. The maximum absolute atomic E-state index is 5.33. The van der Waals surface area contributed by atoms with Gasteiger partial charge in [0.15, 0.2) is 0 Å². The van der Waals surface area contributed by atoms with Gasteiger partial charge in [0.05, 0.1) is 39.0 Å². The molecule has 0 radical (unpaired) electrons. The van der Waals surface area contributed by atoms with Crippen LogP contribution in [0.25, 0.3) is 99.2 Å². The lowest BCUT2D eigenvalue weighted by atomic mass is 9.96. The zero-order valence-corrected chi connectivity index (χ0v) is 28.1. The first-order valence-corrected chi connectivity index (χ1v) is 17.7. The second kappa shape index (κ2) is 11.2. The standard InChI is InChI=1S/C48H30N4/c1-6-16-41-35(11-1)40-29-30-49-47(31-21-25-33(26-22-31)51-42-17-7-2-12-36(42)37-13-3-8-18-43(37)51)46(40)48(50-41)32-23-27-34(28-24-32)52-44-19-9-4-14-38(44)39-15-5-10-20-45(39)52/h1-30H. The highest BCUT2D eigenvalue weighted by Gasteiger charge is 2.18. The van der Waals surface area contributed by atoms with Gasteiger partial charge in [-0.25, -0.2) is 4.98 Å². The van der Waals surface area contributed by atoms with Gasteiger partial charge in [0.25, 0.3) is 0 Å². The van der Waals surface area contributed by atoms with Gasteiger partial charge < -0.3 is 9.13 Å². The van der Waals surface area contributed by atoms with Crippen molar-refractivity contribution in [3.05, 3.63) is 182 Å². The molecule has 0 fully saturated rings. The number of hydrogen-bond acceptors (Lipinski definition) is 2. The molecule has 4 aromatic heterocycles. The molecule has 0 unspecified atom stereocenters. The molecule has 11 rings (SSSR count). The van der Waals surface area contributed by atoms with E-state index < -0.39 is 0 Å². The second-order valence-electron chi connectivity index (χ2n) is 13.4. The minimum Gasteiger partial charge on any atom is -0.309 e. The highest BCUT2D eigenvalue weighted by atomic mass is 15.0. The van der Waals surface area contributed by atoms with Crippen LogP contribution in [0.4, 0.5) is 0 Å². The quantitative estimate of drug-likeness (QED) is 0.176. The second-order valence-corrected chi connectivity index (χ2v) is 13.4. The van der Waals surface area contributed by atoms with Crippen LogP contribution in [0.5, 0.6) is 0 Å². The van der Waals surface area contributed by atoms with Crippen LogP contribution in [-0.4, -0.2) is 19.1 Å². The van der Waals surface area contributed by atoms with E-state index in [4.69, 9.17) is 9.97 Å². The molecule has 242 valence electrons. The summed E-state index contributed by atoms with van der Waals surface area (Å²) < 4.78 is 4.70. The molecule has 4 heterocycles. The van der Waals surface area contributed by atoms with Crippen molar-refractivity contribution in [2.45, 2.75) is 0 Å². The van der Waals surface area contributed by atoms with Gasteiger partial charge in [-0.05, 0) is 66.0 Å². The zero-order valence-electron chi connectivity index (χ0n) is 28.1. The molecule has 11 aromatic rings. The Kier molecular flexibility index (Phi) is 6.22. The van der Waals surface area contributed by atoms with Gasteiger partial charge in [-0.2, -0.15) is 0 Å². The van der Waals surface area contributed by atoms with Crippen LogP contribution in [-0.2, 0) is 0 Å². The van der Waals surface area contributed by atoms with E-state index in [9.17, 15) is 0 Å². The molecule has 0 amide bonds.